The van der Waals surface area contributed by atoms with Crippen molar-refractivity contribution in [3.05, 3.63) is 114 Å². The summed E-state index contributed by atoms with van der Waals surface area (Å²) in [7, 11) is 0. The van der Waals surface area contributed by atoms with Gasteiger partial charge in [0.15, 0.2) is 0 Å². The van der Waals surface area contributed by atoms with Crippen molar-refractivity contribution < 1.29 is 14.4 Å². The van der Waals surface area contributed by atoms with Crippen LogP contribution < -0.4 is 5.06 Å². The lowest BCUT2D eigenvalue weighted by atomic mass is 10.0. The van der Waals surface area contributed by atoms with Crippen molar-refractivity contribution in [2.24, 2.45) is 0 Å². The Labute approximate surface area is 168 Å². The highest BCUT2D eigenvalue weighted by molar-refractivity contribution is 6.14. The number of benzene rings is 4. The van der Waals surface area contributed by atoms with Gasteiger partial charge in [-0.3, -0.25) is 4.79 Å². The van der Waals surface area contributed by atoms with Crippen molar-refractivity contribution >= 4 is 28.3 Å². The minimum atomic E-state index is -0.595. The average Bonchev–Trinajstić information content (AvgIpc) is 2.77. The summed E-state index contributed by atoms with van der Waals surface area (Å²) in [5.41, 5.74) is 2.35. The number of rotatable bonds is 3. The Morgan fingerprint density at radius 2 is 1.38 bits per heavy atom. The first-order valence-electron chi connectivity index (χ1n) is 9.30. The molecule has 0 radical (unpaired) electrons. The van der Waals surface area contributed by atoms with E-state index in [1.807, 2.05) is 61.5 Å². The van der Waals surface area contributed by atoms with E-state index in [2.05, 4.69) is 0 Å². The molecule has 0 saturated carbocycles. The summed E-state index contributed by atoms with van der Waals surface area (Å²) < 4.78 is 0. The summed E-state index contributed by atoms with van der Waals surface area (Å²) >= 11 is 0. The molecule has 0 spiro atoms. The van der Waals surface area contributed by atoms with E-state index in [0.717, 1.165) is 21.4 Å². The van der Waals surface area contributed by atoms with E-state index in [1.54, 1.807) is 42.5 Å². The lowest BCUT2D eigenvalue weighted by Crippen LogP contribution is -2.33. The first kappa shape index (κ1) is 18.4. The maximum atomic E-state index is 13.4. The van der Waals surface area contributed by atoms with Gasteiger partial charge in [-0.15, -0.1) is 5.06 Å². The zero-order valence-electron chi connectivity index (χ0n) is 15.9. The smallest absolute Gasteiger partial charge is 0.327 e. The summed E-state index contributed by atoms with van der Waals surface area (Å²) in [6, 6.07) is 29.0. The number of hydrogen-bond acceptors (Lipinski definition) is 3. The number of fused-ring (bicyclic) bond motifs is 1. The number of aryl methyl sites for hydroxylation is 1. The Morgan fingerprint density at radius 3 is 2.14 bits per heavy atom. The van der Waals surface area contributed by atoms with Crippen LogP contribution in [0.3, 0.4) is 0 Å². The molecule has 0 bridgehead atoms. The van der Waals surface area contributed by atoms with Gasteiger partial charge >= 0.3 is 5.97 Å². The molecule has 4 aromatic rings. The van der Waals surface area contributed by atoms with Crippen molar-refractivity contribution in [1.82, 2.24) is 0 Å². The second-order valence-corrected chi connectivity index (χ2v) is 6.71. The van der Waals surface area contributed by atoms with E-state index < -0.39 is 11.9 Å². The van der Waals surface area contributed by atoms with Gasteiger partial charge in [0.1, 0.15) is 0 Å². The standard InChI is InChI=1S/C25H19NO3/c1-18-14-16-20(17-15-18)25(28)29-26(21-10-3-2-4-11-21)24(27)23-13-7-9-19-8-5-6-12-22(19)23/h2-17H,1H3. The van der Waals surface area contributed by atoms with Crippen molar-refractivity contribution in [1.29, 1.82) is 0 Å². The lowest BCUT2D eigenvalue weighted by molar-refractivity contribution is 0.0410. The fourth-order valence-corrected chi connectivity index (χ4v) is 3.12. The largest absolute Gasteiger partial charge is 0.363 e. The molecule has 29 heavy (non-hydrogen) atoms. The van der Waals surface area contributed by atoms with Gasteiger partial charge in [0, 0.05) is 0 Å². The Morgan fingerprint density at radius 1 is 0.724 bits per heavy atom. The number of hydroxylamine groups is 1. The van der Waals surface area contributed by atoms with Gasteiger partial charge < -0.3 is 4.84 Å². The minimum Gasteiger partial charge on any atom is -0.327 e. The van der Waals surface area contributed by atoms with Gasteiger partial charge in [0.2, 0.25) is 0 Å². The Balaban J connectivity index is 1.73. The fourth-order valence-electron chi connectivity index (χ4n) is 3.12. The molecule has 0 fully saturated rings. The van der Waals surface area contributed by atoms with Crippen LogP contribution in [0, 0.1) is 6.92 Å². The van der Waals surface area contributed by atoms with Crippen LogP contribution in [0.15, 0.2) is 97.1 Å². The predicted octanol–water partition coefficient (Wildman–Crippen LogP) is 5.57. The molecule has 4 aromatic carbocycles. The number of amides is 1. The van der Waals surface area contributed by atoms with Gasteiger partial charge in [0.05, 0.1) is 16.8 Å². The van der Waals surface area contributed by atoms with Crippen molar-refractivity contribution in [2.45, 2.75) is 6.92 Å². The van der Waals surface area contributed by atoms with Gasteiger partial charge in [0.25, 0.3) is 5.91 Å². The summed E-state index contributed by atoms with van der Waals surface area (Å²) in [5.74, 6) is -1.00. The second-order valence-electron chi connectivity index (χ2n) is 6.71. The lowest BCUT2D eigenvalue weighted by Gasteiger charge is -2.22. The van der Waals surface area contributed by atoms with E-state index in [0.29, 0.717) is 16.8 Å². The highest BCUT2D eigenvalue weighted by Gasteiger charge is 2.24. The number of carbonyl (C=O) groups excluding carboxylic acids is 2. The molecule has 4 heteroatoms. The average molecular weight is 381 g/mol. The van der Waals surface area contributed by atoms with Gasteiger partial charge in [-0.1, -0.05) is 72.3 Å². The Kier molecular flexibility index (Phi) is 5.08. The zero-order valence-corrected chi connectivity index (χ0v) is 15.9. The molecule has 0 atom stereocenters. The number of para-hydroxylation sites is 1. The maximum absolute atomic E-state index is 13.4. The van der Waals surface area contributed by atoms with Crippen LogP contribution in [-0.4, -0.2) is 11.9 Å². The molecule has 4 nitrogen and oxygen atoms in total. The molecule has 0 N–H and O–H groups in total. The number of anilines is 1. The molecule has 0 aliphatic carbocycles. The van der Waals surface area contributed by atoms with Crippen LogP contribution in [0.5, 0.6) is 0 Å². The Bertz CT molecular complexity index is 1160. The van der Waals surface area contributed by atoms with Crippen LogP contribution in [0.25, 0.3) is 10.8 Å². The van der Waals surface area contributed by atoms with Crippen LogP contribution >= 0.6 is 0 Å². The second kappa shape index (κ2) is 7.98. The van der Waals surface area contributed by atoms with E-state index >= 15 is 0 Å². The van der Waals surface area contributed by atoms with Crippen LogP contribution in [0.4, 0.5) is 5.69 Å². The van der Waals surface area contributed by atoms with Gasteiger partial charge in [-0.2, -0.15) is 0 Å². The molecule has 0 heterocycles. The van der Waals surface area contributed by atoms with E-state index in [-0.39, 0.29) is 0 Å². The van der Waals surface area contributed by atoms with Crippen LogP contribution in [0.1, 0.15) is 26.3 Å². The fraction of sp³-hybridized carbons (Fsp3) is 0.0400. The molecule has 0 aromatic heterocycles. The number of carbonyl (C=O) groups is 2. The third kappa shape index (κ3) is 3.87. The third-order valence-corrected chi connectivity index (χ3v) is 4.66. The molecular formula is C25H19NO3. The van der Waals surface area contributed by atoms with Crippen LogP contribution in [0.2, 0.25) is 0 Å². The Hall–Kier alpha value is -3.92. The first-order chi connectivity index (χ1) is 14.1. The molecule has 1 amide bonds. The molecule has 0 aliphatic heterocycles. The molecular weight excluding hydrogens is 362 g/mol. The summed E-state index contributed by atoms with van der Waals surface area (Å²) in [6.45, 7) is 1.94. The highest BCUT2D eigenvalue weighted by Crippen LogP contribution is 2.24. The number of nitrogens with zero attached hydrogens (tertiary/aromatic N) is 1. The zero-order chi connectivity index (χ0) is 20.2. The van der Waals surface area contributed by atoms with Crippen molar-refractivity contribution in [2.75, 3.05) is 5.06 Å². The summed E-state index contributed by atoms with van der Waals surface area (Å²) in [6.07, 6.45) is 0. The molecule has 4 rings (SSSR count). The first-order valence-corrected chi connectivity index (χ1v) is 9.30. The van der Waals surface area contributed by atoms with E-state index in [4.69, 9.17) is 4.84 Å². The maximum Gasteiger partial charge on any atom is 0.363 e. The topological polar surface area (TPSA) is 46.6 Å². The summed E-state index contributed by atoms with van der Waals surface area (Å²) in [4.78, 5) is 31.7. The normalized spacial score (nSPS) is 10.5. The molecule has 0 saturated heterocycles. The van der Waals surface area contributed by atoms with Crippen molar-refractivity contribution in [3.63, 3.8) is 0 Å². The quantitative estimate of drug-likeness (QED) is 0.436. The van der Waals surface area contributed by atoms with E-state index in [9.17, 15) is 9.59 Å². The van der Waals surface area contributed by atoms with E-state index in [1.165, 1.54) is 0 Å². The third-order valence-electron chi connectivity index (χ3n) is 4.66. The van der Waals surface area contributed by atoms with Gasteiger partial charge in [-0.25, -0.2) is 4.79 Å². The van der Waals surface area contributed by atoms with Crippen LogP contribution in [-0.2, 0) is 4.84 Å². The van der Waals surface area contributed by atoms with Crippen molar-refractivity contribution in [3.8, 4) is 0 Å². The SMILES string of the molecule is Cc1ccc(C(=O)ON(C(=O)c2cccc3ccccc23)c2ccccc2)cc1. The monoisotopic (exact) mass is 381 g/mol. The summed E-state index contributed by atoms with van der Waals surface area (Å²) in [5, 5.41) is 2.80. The number of hydrogen-bond donors (Lipinski definition) is 0. The molecule has 142 valence electrons. The minimum absolute atomic E-state index is 0.377. The molecule has 0 unspecified atom stereocenters. The molecule has 0 aliphatic rings. The predicted molar refractivity (Wildman–Crippen MR) is 114 cm³/mol. The highest BCUT2D eigenvalue weighted by atomic mass is 16.7. The van der Waals surface area contributed by atoms with Gasteiger partial charge in [-0.05, 0) is 48.0 Å².